The summed E-state index contributed by atoms with van der Waals surface area (Å²) >= 11 is 1.90. The van der Waals surface area contributed by atoms with E-state index in [0.29, 0.717) is 12.0 Å². The molecule has 1 saturated carbocycles. The fraction of sp³-hybridized carbons (Fsp3) is 0.500. The van der Waals surface area contributed by atoms with E-state index in [1.165, 1.54) is 17.7 Å². The molecule has 170 valence electrons. The van der Waals surface area contributed by atoms with Crippen LogP contribution in [0.4, 0.5) is 0 Å². The first kappa shape index (κ1) is 22.0. The first-order chi connectivity index (χ1) is 15.6. The number of nitrogens with zero attached hydrogens (tertiary/aromatic N) is 2. The zero-order chi connectivity index (χ0) is 22.0. The normalized spacial score (nSPS) is 19.9. The number of aromatic nitrogens is 2. The van der Waals surface area contributed by atoms with Gasteiger partial charge >= 0.3 is 0 Å². The molecule has 0 bridgehead atoms. The van der Waals surface area contributed by atoms with E-state index in [2.05, 4.69) is 47.3 Å². The van der Waals surface area contributed by atoms with E-state index in [9.17, 15) is 5.11 Å². The van der Waals surface area contributed by atoms with Crippen molar-refractivity contribution in [1.29, 1.82) is 0 Å². The maximum Gasteiger partial charge on any atom is 0.141 e. The van der Waals surface area contributed by atoms with Crippen LogP contribution in [0.1, 0.15) is 49.6 Å². The topological polar surface area (TPSA) is 61.4 Å². The Kier molecular flexibility index (Phi) is 6.56. The van der Waals surface area contributed by atoms with Gasteiger partial charge in [-0.3, -0.25) is 0 Å². The minimum absolute atomic E-state index is 0.205. The van der Waals surface area contributed by atoms with Gasteiger partial charge in [-0.1, -0.05) is 24.3 Å². The lowest BCUT2D eigenvalue weighted by atomic mass is 10.1. The number of hydrogen-bond acceptors (Lipinski definition) is 5. The van der Waals surface area contributed by atoms with Crippen LogP contribution in [0.25, 0.3) is 11.0 Å². The Bertz CT molecular complexity index is 1010. The minimum atomic E-state index is -0.205. The van der Waals surface area contributed by atoms with Gasteiger partial charge in [0.25, 0.3) is 0 Å². The summed E-state index contributed by atoms with van der Waals surface area (Å²) < 4.78 is 6.73. The molecule has 2 fully saturated rings. The molecule has 5 nitrogen and oxygen atoms in total. The molecule has 1 saturated heterocycles. The second-order valence-electron chi connectivity index (χ2n) is 9.49. The number of aliphatic hydroxyl groups is 1. The van der Waals surface area contributed by atoms with Crippen LogP contribution in [0.5, 0.6) is 0 Å². The van der Waals surface area contributed by atoms with Crippen molar-refractivity contribution in [2.45, 2.75) is 49.2 Å². The summed E-state index contributed by atoms with van der Waals surface area (Å²) in [5.74, 6) is 1.95. The monoisotopic (exact) mass is 451 g/mol. The van der Waals surface area contributed by atoms with Gasteiger partial charge in [0.15, 0.2) is 0 Å². The van der Waals surface area contributed by atoms with Gasteiger partial charge in [0.05, 0.1) is 17.1 Å². The zero-order valence-corrected chi connectivity index (χ0v) is 19.6. The number of rotatable bonds is 9. The van der Waals surface area contributed by atoms with Gasteiger partial charge in [-0.05, 0) is 74.4 Å². The van der Waals surface area contributed by atoms with Crippen LogP contribution in [0.3, 0.4) is 0 Å². The van der Waals surface area contributed by atoms with Crippen molar-refractivity contribution in [3.8, 4) is 0 Å². The number of ether oxygens (including phenoxy) is 1. The van der Waals surface area contributed by atoms with Gasteiger partial charge in [-0.15, -0.1) is 11.8 Å². The summed E-state index contributed by atoms with van der Waals surface area (Å²) in [5, 5.41) is 9.37. The molecular formula is C26H33N3O2S. The van der Waals surface area contributed by atoms with E-state index in [1.807, 2.05) is 30.0 Å². The van der Waals surface area contributed by atoms with Crippen LogP contribution >= 0.6 is 11.8 Å². The van der Waals surface area contributed by atoms with Crippen LogP contribution < -0.4 is 0 Å². The molecular weight excluding hydrogens is 418 g/mol. The largest absolute Gasteiger partial charge is 0.396 e. The average Bonchev–Trinajstić information content (AvgIpc) is 3.45. The van der Waals surface area contributed by atoms with Gasteiger partial charge in [0.1, 0.15) is 11.9 Å². The lowest BCUT2D eigenvalue weighted by Gasteiger charge is -2.31. The number of likely N-dealkylation sites (tertiary alicyclic amines) is 1. The van der Waals surface area contributed by atoms with Crippen LogP contribution in [-0.2, 0) is 4.74 Å². The smallest absolute Gasteiger partial charge is 0.141 e. The molecule has 2 aromatic carbocycles. The first-order valence-corrected chi connectivity index (χ1v) is 12.7. The number of fused-ring (bicyclic) bond motifs is 1. The van der Waals surface area contributed by atoms with Crippen molar-refractivity contribution < 1.29 is 9.84 Å². The molecule has 0 radical (unpaired) electrons. The zero-order valence-electron chi connectivity index (χ0n) is 18.8. The number of aromatic amines is 1. The van der Waals surface area contributed by atoms with Gasteiger partial charge in [0.2, 0.25) is 0 Å². The van der Waals surface area contributed by atoms with Gasteiger partial charge in [-0.2, -0.15) is 0 Å². The van der Waals surface area contributed by atoms with Gasteiger partial charge in [0, 0.05) is 30.3 Å². The van der Waals surface area contributed by atoms with Crippen molar-refractivity contribution in [2.75, 3.05) is 32.5 Å². The molecule has 1 aromatic heterocycles. The number of hydrogen-bond donors (Lipinski definition) is 2. The maximum atomic E-state index is 9.37. The van der Waals surface area contributed by atoms with Crippen molar-refractivity contribution in [3.05, 3.63) is 59.9 Å². The lowest BCUT2D eigenvalue weighted by Crippen LogP contribution is -2.35. The third-order valence-corrected chi connectivity index (χ3v) is 8.30. The third-order valence-electron chi connectivity index (χ3n) is 6.96. The number of nitrogens with one attached hydrogen (secondary N) is 1. The molecule has 1 atom stereocenters. The number of imidazole rings is 1. The fourth-order valence-electron chi connectivity index (χ4n) is 4.60. The predicted molar refractivity (Wildman–Crippen MR) is 130 cm³/mol. The van der Waals surface area contributed by atoms with Crippen molar-refractivity contribution >= 4 is 22.8 Å². The maximum absolute atomic E-state index is 9.37. The summed E-state index contributed by atoms with van der Waals surface area (Å²) in [7, 11) is 2.18. The molecule has 1 unspecified atom stereocenters. The van der Waals surface area contributed by atoms with E-state index in [1.54, 1.807) is 0 Å². The molecule has 1 aliphatic heterocycles. The predicted octanol–water partition coefficient (Wildman–Crippen LogP) is 5.02. The minimum Gasteiger partial charge on any atom is -0.396 e. The number of benzene rings is 2. The molecule has 0 amide bonds. The Labute approximate surface area is 194 Å². The quantitative estimate of drug-likeness (QED) is 0.448. The highest BCUT2D eigenvalue weighted by molar-refractivity contribution is 7.99. The Hall–Kier alpha value is -1.86. The summed E-state index contributed by atoms with van der Waals surface area (Å²) in [6, 6.07) is 16.9. The molecule has 2 aliphatic rings. The Morgan fingerprint density at radius 2 is 2.00 bits per heavy atom. The van der Waals surface area contributed by atoms with Gasteiger partial charge in [-0.25, -0.2) is 4.98 Å². The van der Waals surface area contributed by atoms with E-state index in [-0.39, 0.29) is 12.2 Å². The summed E-state index contributed by atoms with van der Waals surface area (Å²) in [5.41, 5.74) is 3.52. The first-order valence-electron chi connectivity index (χ1n) is 11.8. The van der Waals surface area contributed by atoms with E-state index in [4.69, 9.17) is 9.72 Å². The standard InChI is InChI=1S/C26H33N3O2S/c1-29-14-9-20(10-15-29)31-24(25-27-22-7-2-3-8-23(22)28-25)19-5-4-6-21(17-19)32-18-26(11-12-26)13-16-30/h2-8,17,20,24,30H,9-16,18H2,1H3,(H,27,28). The number of thioether (sulfide) groups is 1. The second kappa shape index (κ2) is 9.56. The molecule has 6 heteroatoms. The van der Waals surface area contributed by atoms with Crippen molar-refractivity contribution in [3.63, 3.8) is 0 Å². The molecule has 1 aliphatic carbocycles. The highest BCUT2D eigenvalue weighted by Crippen LogP contribution is 2.51. The summed E-state index contributed by atoms with van der Waals surface area (Å²) in [6.45, 7) is 2.43. The third kappa shape index (κ3) is 5.04. The van der Waals surface area contributed by atoms with E-state index >= 15 is 0 Å². The number of piperidine rings is 1. The number of H-pyrrole nitrogens is 1. The SMILES string of the molecule is CN1CCC(OC(c2cccc(SCC3(CCO)CC3)c2)c2nc3ccccc3[nH]2)CC1. The van der Waals surface area contributed by atoms with Crippen LogP contribution in [0.15, 0.2) is 53.4 Å². The highest BCUT2D eigenvalue weighted by atomic mass is 32.2. The van der Waals surface area contributed by atoms with Crippen LogP contribution in [0, 0.1) is 5.41 Å². The molecule has 2 N–H and O–H groups in total. The second-order valence-corrected chi connectivity index (χ2v) is 10.5. The highest BCUT2D eigenvalue weighted by Gasteiger charge is 2.41. The molecule has 5 rings (SSSR count). The van der Waals surface area contributed by atoms with E-state index in [0.717, 1.165) is 60.5 Å². The van der Waals surface area contributed by atoms with E-state index < -0.39 is 0 Å². The Balaban J connectivity index is 1.39. The lowest BCUT2D eigenvalue weighted by molar-refractivity contribution is -0.0264. The number of aliphatic hydroxyl groups excluding tert-OH is 1. The fourth-order valence-corrected chi connectivity index (χ4v) is 5.90. The Morgan fingerprint density at radius 1 is 1.19 bits per heavy atom. The van der Waals surface area contributed by atoms with Crippen molar-refractivity contribution in [1.82, 2.24) is 14.9 Å². The van der Waals surface area contributed by atoms with Crippen LogP contribution in [-0.4, -0.2) is 58.6 Å². The molecule has 32 heavy (non-hydrogen) atoms. The Morgan fingerprint density at radius 3 is 2.75 bits per heavy atom. The molecule has 2 heterocycles. The summed E-state index contributed by atoms with van der Waals surface area (Å²) in [6.07, 6.45) is 5.52. The molecule has 0 spiro atoms. The van der Waals surface area contributed by atoms with Crippen molar-refractivity contribution in [2.24, 2.45) is 5.41 Å². The summed E-state index contributed by atoms with van der Waals surface area (Å²) in [4.78, 5) is 12.0. The molecule has 3 aromatic rings. The number of para-hydroxylation sites is 2. The van der Waals surface area contributed by atoms with Crippen LogP contribution in [0.2, 0.25) is 0 Å². The van der Waals surface area contributed by atoms with Gasteiger partial charge < -0.3 is 19.7 Å². The average molecular weight is 452 g/mol.